The first-order valence-electron chi connectivity index (χ1n) is 5.39. The molecule has 17 heavy (non-hydrogen) atoms. The zero-order valence-corrected chi connectivity index (χ0v) is 9.89. The Morgan fingerprint density at radius 2 is 1.88 bits per heavy atom. The Labute approximate surface area is 99.0 Å². The number of carbonyl (C=O) groups excluding carboxylic acids is 1. The van der Waals surface area contributed by atoms with Crippen molar-refractivity contribution in [3.63, 3.8) is 0 Å². The molecule has 0 heterocycles. The smallest absolute Gasteiger partial charge is 0.231 e. The van der Waals surface area contributed by atoms with Crippen LogP contribution in [0.15, 0.2) is 18.2 Å². The number of rotatable bonds is 4. The van der Waals surface area contributed by atoms with Gasteiger partial charge in [0.1, 0.15) is 11.6 Å². The van der Waals surface area contributed by atoms with E-state index < -0.39 is 17.0 Å². The van der Waals surface area contributed by atoms with Gasteiger partial charge in [-0.05, 0) is 25.5 Å². The first kappa shape index (κ1) is 13.6. The predicted molar refractivity (Wildman–Crippen MR) is 62.4 cm³/mol. The molecule has 0 radical (unpaired) electrons. The number of hydrogen-bond donors (Lipinski definition) is 2. The molecule has 94 valence electrons. The lowest BCUT2D eigenvalue weighted by atomic mass is 9.86. The minimum atomic E-state index is -0.733. The second kappa shape index (κ2) is 5.23. The summed E-state index contributed by atoms with van der Waals surface area (Å²) < 4.78 is 25.8. The molecule has 0 bridgehead atoms. The van der Waals surface area contributed by atoms with Crippen LogP contribution in [0.1, 0.15) is 20.3 Å². The molecule has 1 unspecified atom stereocenters. The topological polar surface area (TPSA) is 55.1 Å². The molecule has 0 aliphatic carbocycles. The first-order valence-corrected chi connectivity index (χ1v) is 5.39. The van der Waals surface area contributed by atoms with E-state index in [-0.39, 0.29) is 18.1 Å². The molecule has 1 atom stereocenters. The van der Waals surface area contributed by atoms with Gasteiger partial charge >= 0.3 is 0 Å². The molecular weight excluding hydrogens is 226 g/mol. The zero-order valence-electron chi connectivity index (χ0n) is 9.89. The SMILES string of the molecule is CCC(C)(CN)C(=O)Nc1cc(F)cc(F)c1. The number of nitrogens with one attached hydrogen (secondary N) is 1. The standard InChI is InChI=1S/C12H16F2N2O/c1-3-12(2,7-15)11(17)16-10-5-8(13)4-9(14)6-10/h4-6H,3,7,15H2,1-2H3,(H,16,17). The quantitative estimate of drug-likeness (QED) is 0.851. The van der Waals surface area contributed by atoms with Crippen LogP contribution in [-0.2, 0) is 4.79 Å². The fraction of sp³-hybridized carbons (Fsp3) is 0.417. The van der Waals surface area contributed by atoms with Crippen molar-refractivity contribution in [2.45, 2.75) is 20.3 Å². The largest absolute Gasteiger partial charge is 0.329 e. The highest BCUT2D eigenvalue weighted by Gasteiger charge is 2.29. The Morgan fingerprint density at radius 3 is 2.29 bits per heavy atom. The second-order valence-corrected chi connectivity index (χ2v) is 4.23. The van der Waals surface area contributed by atoms with Crippen LogP contribution in [0.5, 0.6) is 0 Å². The Kier molecular flexibility index (Phi) is 4.17. The third kappa shape index (κ3) is 3.23. The minimum Gasteiger partial charge on any atom is -0.329 e. The molecule has 0 saturated heterocycles. The summed E-state index contributed by atoms with van der Waals surface area (Å²) in [6.07, 6.45) is 0.549. The molecule has 0 spiro atoms. The van der Waals surface area contributed by atoms with Crippen molar-refractivity contribution >= 4 is 11.6 Å². The summed E-state index contributed by atoms with van der Waals surface area (Å²) in [5, 5.41) is 2.47. The number of carbonyl (C=O) groups is 1. The average Bonchev–Trinajstić information content (AvgIpc) is 2.26. The molecule has 1 aromatic carbocycles. The highest BCUT2D eigenvalue weighted by molar-refractivity contribution is 5.95. The monoisotopic (exact) mass is 242 g/mol. The fourth-order valence-corrected chi connectivity index (χ4v) is 1.31. The Bertz CT molecular complexity index is 397. The molecule has 0 fully saturated rings. The number of hydrogen-bond acceptors (Lipinski definition) is 2. The van der Waals surface area contributed by atoms with Gasteiger partial charge in [-0.15, -0.1) is 0 Å². The number of anilines is 1. The van der Waals surface area contributed by atoms with Gasteiger partial charge in [-0.25, -0.2) is 8.78 Å². The molecule has 3 nitrogen and oxygen atoms in total. The third-order valence-electron chi connectivity index (χ3n) is 2.90. The number of halogens is 2. The van der Waals surface area contributed by atoms with E-state index in [0.717, 1.165) is 18.2 Å². The maximum Gasteiger partial charge on any atom is 0.231 e. The molecule has 1 aromatic rings. The van der Waals surface area contributed by atoms with E-state index in [0.29, 0.717) is 6.42 Å². The number of nitrogens with two attached hydrogens (primary N) is 1. The highest BCUT2D eigenvalue weighted by Crippen LogP contribution is 2.22. The van der Waals surface area contributed by atoms with E-state index in [1.165, 1.54) is 0 Å². The van der Waals surface area contributed by atoms with Gasteiger partial charge in [-0.1, -0.05) is 6.92 Å². The van der Waals surface area contributed by atoms with E-state index in [9.17, 15) is 13.6 Å². The van der Waals surface area contributed by atoms with Gasteiger partial charge in [-0.2, -0.15) is 0 Å². The third-order valence-corrected chi connectivity index (χ3v) is 2.90. The number of benzene rings is 1. The molecule has 0 aliphatic rings. The van der Waals surface area contributed by atoms with Crippen LogP contribution in [0.4, 0.5) is 14.5 Å². The van der Waals surface area contributed by atoms with E-state index >= 15 is 0 Å². The maximum atomic E-state index is 12.9. The van der Waals surface area contributed by atoms with Crippen LogP contribution in [0, 0.1) is 17.0 Å². The van der Waals surface area contributed by atoms with E-state index in [1.807, 2.05) is 6.92 Å². The van der Waals surface area contributed by atoms with Crippen molar-refractivity contribution in [3.8, 4) is 0 Å². The summed E-state index contributed by atoms with van der Waals surface area (Å²) in [5.74, 6) is -1.80. The van der Waals surface area contributed by atoms with Crippen molar-refractivity contribution < 1.29 is 13.6 Å². The Hall–Kier alpha value is -1.49. The molecular formula is C12H16F2N2O. The summed E-state index contributed by atoms with van der Waals surface area (Å²) in [6.45, 7) is 3.71. The second-order valence-electron chi connectivity index (χ2n) is 4.23. The molecule has 5 heteroatoms. The summed E-state index contributed by atoms with van der Waals surface area (Å²) in [4.78, 5) is 11.9. The van der Waals surface area contributed by atoms with Gasteiger partial charge in [0.25, 0.3) is 0 Å². The minimum absolute atomic E-state index is 0.0978. The van der Waals surface area contributed by atoms with Gasteiger partial charge in [0.2, 0.25) is 5.91 Å². The van der Waals surface area contributed by atoms with Gasteiger partial charge in [0.15, 0.2) is 0 Å². The van der Waals surface area contributed by atoms with Gasteiger partial charge in [0, 0.05) is 18.3 Å². The average molecular weight is 242 g/mol. The predicted octanol–water partition coefficient (Wildman–Crippen LogP) is 2.28. The summed E-state index contributed by atoms with van der Waals surface area (Å²) >= 11 is 0. The molecule has 1 amide bonds. The van der Waals surface area contributed by atoms with E-state index in [4.69, 9.17) is 5.73 Å². The van der Waals surface area contributed by atoms with Crippen molar-refractivity contribution in [2.75, 3.05) is 11.9 Å². The summed E-state index contributed by atoms with van der Waals surface area (Å²) in [5.41, 5.74) is 4.89. The van der Waals surface area contributed by atoms with Crippen molar-refractivity contribution in [1.29, 1.82) is 0 Å². The molecule has 3 N–H and O–H groups in total. The van der Waals surface area contributed by atoms with Crippen LogP contribution in [0.25, 0.3) is 0 Å². The van der Waals surface area contributed by atoms with Gasteiger partial charge < -0.3 is 11.1 Å². The zero-order chi connectivity index (χ0) is 13.1. The molecule has 0 saturated carbocycles. The van der Waals surface area contributed by atoms with Crippen LogP contribution in [0.2, 0.25) is 0 Å². The summed E-state index contributed by atoms with van der Waals surface area (Å²) in [6, 6.07) is 2.87. The lowest BCUT2D eigenvalue weighted by molar-refractivity contribution is -0.124. The molecule has 1 rings (SSSR count). The van der Waals surface area contributed by atoms with E-state index in [2.05, 4.69) is 5.32 Å². The van der Waals surface area contributed by atoms with Crippen molar-refractivity contribution in [1.82, 2.24) is 0 Å². The van der Waals surface area contributed by atoms with Crippen molar-refractivity contribution in [3.05, 3.63) is 29.8 Å². The van der Waals surface area contributed by atoms with E-state index in [1.54, 1.807) is 6.92 Å². The fourth-order valence-electron chi connectivity index (χ4n) is 1.31. The molecule has 0 aromatic heterocycles. The highest BCUT2D eigenvalue weighted by atomic mass is 19.1. The first-order chi connectivity index (χ1) is 7.91. The van der Waals surface area contributed by atoms with Crippen LogP contribution >= 0.6 is 0 Å². The lowest BCUT2D eigenvalue weighted by Crippen LogP contribution is -2.39. The van der Waals surface area contributed by atoms with Gasteiger partial charge in [-0.3, -0.25) is 4.79 Å². The van der Waals surface area contributed by atoms with Crippen molar-refractivity contribution in [2.24, 2.45) is 11.1 Å². The lowest BCUT2D eigenvalue weighted by Gasteiger charge is -2.24. The molecule has 0 aliphatic heterocycles. The Balaban J connectivity index is 2.87. The maximum absolute atomic E-state index is 12.9. The van der Waals surface area contributed by atoms with Crippen LogP contribution < -0.4 is 11.1 Å². The van der Waals surface area contributed by atoms with Crippen LogP contribution in [-0.4, -0.2) is 12.5 Å². The number of amides is 1. The van der Waals surface area contributed by atoms with Gasteiger partial charge in [0.05, 0.1) is 5.41 Å². The Morgan fingerprint density at radius 1 is 1.35 bits per heavy atom. The van der Waals surface area contributed by atoms with Crippen LogP contribution in [0.3, 0.4) is 0 Å². The summed E-state index contributed by atoms with van der Waals surface area (Å²) in [7, 11) is 0. The normalized spacial score (nSPS) is 14.2.